The number of carbonyl (C=O) groups is 1. The van der Waals surface area contributed by atoms with Gasteiger partial charge < -0.3 is 11.1 Å². The lowest BCUT2D eigenvalue weighted by Crippen LogP contribution is -2.04. The fourth-order valence-electron chi connectivity index (χ4n) is 1.35. The van der Waals surface area contributed by atoms with Crippen LogP contribution < -0.4 is 11.1 Å². The van der Waals surface area contributed by atoms with Crippen LogP contribution in [0.25, 0.3) is 5.69 Å². The van der Waals surface area contributed by atoms with E-state index in [9.17, 15) is 9.18 Å². The molecule has 82 valence electrons. The molecular weight excluding hydrogens is 211 g/mol. The van der Waals surface area contributed by atoms with Gasteiger partial charge in [0.1, 0.15) is 11.5 Å². The van der Waals surface area contributed by atoms with Crippen LogP contribution in [0.3, 0.4) is 0 Å². The zero-order valence-electron chi connectivity index (χ0n) is 8.22. The molecule has 0 aliphatic carbocycles. The molecule has 0 aliphatic rings. The standard InChI is InChI=1S/C10H9FN4O/c11-7-2-1-3-8(4-7)15-10(12)9(5-14-15)13-6-16/h1-6H,12H2,(H,13,16). The summed E-state index contributed by atoms with van der Waals surface area (Å²) in [5.41, 5.74) is 6.61. The number of hydrogen-bond donors (Lipinski definition) is 2. The van der Waals surface area contributed by atoms with Crippen LogP contribution >= 0.6 is 0 Å². The summed E-state index contributed by atoms with van der Waals surface area (Å²) < 4.78 is 14.3. The van der Waals surface area contributed by atoms with Crippen molar-refractivity contribution in [1.29, 1.82) is 0 Å². The summed E-state index contributed by atoms with van der Waals surface area (Å²) in [6.45, 7) is 0. The molecule has 1 aromatic heterocycles. The number of amides is 1. The maximum absolute atomic E-state index is 13.0. The van der Waals surface area contributed by atoms with Crippen molar-refractivity contribution in [2.75, 3.05) is 11.1 Å². The van der Waals surface area contributed by atoms with Crippen LogP contribution in [0.2, 0.25) is 0 Å². The number of nitrogens with zero attached hydrogens (tertiary/aromatic N) is 2. The third-order valence-corrected chi connectivity index (χ3v) is 2.07. The van der Waals surface area contributed by atoms with Crippen molar-refractivity contribution in [2.45, 2.75) is 0 Å². The minimum absolute atomic E-state index is 0.248. The summed E-state index contributed by atoms with van der Waals surface area (Å²) in [6, 6.07) is 5.84. The monoisotopic (exact) mass is 220 g/mol. The van der Waals surface area contributed by atoms with E-state index in [1.807, 2.05) is 0 Å². The predicted octanol–water partition coefficient (Wildman–Crippen LogP) is 1.16. The van der Waals surface area contributed by atoms with Gasteiger partial charge >= 0.3 is 0 Å². The fourth-order valence-corrected chi connectivity index (χ4v) is 1.35. The van der Waals surface area contributed by atoms with E-state index in [2.05, 4.69) is 10.4 Å². The molecule has 1 heterocycles. The summed E-state index contributed by atoms with van der Waals surface area (Å²) in [5.74, 6) is -0.130. The molecule has 3 N–H and O–H groups in total. The zero-order valence-corrected chi connectivity index (χ0v) is 8.22. The van der Waals surface area contributed by atoms with Gasteiger partial charge in [0.15, 0.2) is 5.82 Å². The molecule has 0 saturated carbocycles. The Kier molecular flexibility index (Phi) is 2.55. The van der Waals surface area contributed by atoms with Gasteiger partial charge in [-0.1, -0.05) is 6.07 Å². The third kappa shape index (κ3) is 1.72. The highest BCUT2D eigenvalue weighted by Crippen LogP contribution is 2.21. The van der Waals surface area contributed by atoms with E-state index in [-0.39, 0.29) is 11.6 Å². The van der Waals surface area contributed by atoms with Crippen LogP contribution in [0.15, 0.2) is 30.5 Å². The van der Waals surface area contributed by atoms with Gasteiger partial charge in [-0.2, -0.15) is 5.10 Å². The van der Waals surface area contributed by atoms with Gasteiger partial charge in [0.05, 0.1) is 11.9 Å². The summed E-state index contributed by atoms with van der Waals surface area (Å²) in [5, 5.41) is 6.35. The lowest BCUT2D eigenvalue weighted by Gasteiger charge is -2.04. The number of halogens is 1. The van der Waals surface area contributed by atoms with Crippen LogP contribution in [0.5, 0.6) is 0 Å². The summed E-state index contributed by atoms with van der Waals surface area (Å²) in [7, 11) is 0. The van der Waals surface area contributed by atoms with Crippen molar-refractivity contribution in [2.24, 2.45) is 0 Å². The second kappa shape index (κ2) is 4.01. The average Bonchev–Trinajstić information content (AvgIpc) is 2.61. The molecule has 0 radical (unpaired) electrons. The fraction of sp³-hybridized carbons (Fsp3) is 0. The first-order valence-corrected chi connectivity index (χ1v) is 4.52. The Morgan fingerprint density at radius 3 is 3.00 bits per heavy atom. The van der Waals surface area contributed by atoms with Gasteiger partial charge in [0.25, 0.3) is 0 Å². The minimum Gasteiger partial charge on any atom is -0.382 e. The number of nitrogens with one attached hydrogen (secondary N) is 1. The van der Waals surface area contributed by atoms with Crippen LogP contribution in [0, 0.1) is 5.82 Å². The largest absolute Gasteiger partial charge is 0.382 e. The molecule has 2 aromatic rings. The lowest BCUT2D eigenvalue weighted by atomic mass is 10.3. The molecule has 0 spiro atoms. The molecule has 0 atom stereocenters. The van der Waals surface area contributed by atoms with Crippen LogP contribution in [0.1, 0.15) is 0 Å². The van der Waals surface area contributed by atoms with E-state index < -0.39 is 0 Å². The molecule has 0 fully saturated rings. The van der Waals surface area contributed by atoms with Crippen molar-refractivity contribution in [3.8, 4) is 5.69 Å². The predicted molar refractivity (Wildman–Crippen MR) is 57.6 cm³/mol. The Labute approximate surface area is 90.7 Å². The highest BCUT2D eigenvalue weighted by atomic mass is 19.1. The summed E-state index contributed by atoms with van der Waals surface area (Å²) >= 11 is 0. The van der Waals surface area contributed by atoms with E-state index in [1.54, 1.807) is 12.1 Å². The number of benzene rings is 1. The maximum Gasteiger partial charge on any atom is 0.211 e. The molecule has 0 saturated heterocycles. The second-order valence-corrected chi connectivity index (χ2v) is 3.10. The van der Waals surface area contributed by atoms with E-state index in [0.717, 1.165) is 0 Å². The van der Waals surface area contributed by atoms with Crippen molar-refractivity contribution in [3.05, 3.63) is 36.3 Å². The number of nitrogen functional groups attached to an aromatic ring is 1. The van der Waals surface area contributed by atoms with Gasteiger partial charge in [0.2, 0.25) is 6.41 Å². The van der Waals surface area contributed by atoms with E-state index in [0.29, 0.717) is 17.8 Å². The number of nitrogens with two attached hydrogens (primary N) is 1. The Morgan fingerprint density at radius 2 is 2.31 bits per heavy atom. The smallest absolute Gasteiger partial charge is 0.211 e. The van der Waals surface area contributed by atoms with Crippen molar-refractivity contribution in [1.82, 2.24) is 9.78 Å². The number of aromatic nitrogens is 2. The van der Waals surface area contributed by atoms with Crippen molar-refractivity contribution in [3.63, 3.8) is 0 Å². The molecular formula is C10H9FN4O. The molecule has 0 unspecified atom stereocenters. The minimum atomic E-state index is -0.378. The Hall–Kier alpha value is -2.37. The van der Waals surface area contributed by atoms with E-state index in [4.69, 9.17) is 5.73 Å². The highest BCUT2D eigenvalue weighted by Gasteiger charge is 2.08. The quantitative estimate of drug-likeness (QED) is 0.762. The first-order valence-electron chi connectivity index (χ1n) is 4.52. The Bertz CT molecular complexity index is 523. The number of anilines is 2. The molecule has 1 aromatic carbocycles. The molecule has 1 amide bonds. The third-order valence-electron chi connectivity index (χ3n) is 2.07. The molecule has 5 nitrogen and oxygen atoms in total. The van der Waals surface area contributed by atoms with Crippen molar-refractivity contribution < 1.29 is 9.18 Å². The van der Waals surface area contributed by atoms with E-state index >= 15 is 0 Å². The maximum atomic E-state index is 13.0. The van der Waals surface area contributed by atoms with E-state index in [1.165, 1.54) is 23.0 Å². The number of rotatable bonds is 3. The first-order chi connectivity index (χ1) is 7.72. The van der Waals surface area contributed by atoms with Gasteiger partial charge in [-0.25, -0.2) is 9.07 Å². The molecule has 2 rings (SSSR count). The topological polar surface area (TPSA) is 72.9 Å². The highest BCUT2D eigenvalue weighted by molar-refractivity contribution is 5.78. The zero-order chi connectivity index (χ0) is 11.5. The number of carbonyl (C=O) groups excluding carboxylic acids is 1. The van der Waals surface area contributed by atoms with Crippen LogP contribution in [0.4, 0.5) is 15.9 Å². The second-order valence-electron chi connectivity index (χ2n) is 3.10. The van der Waals surface area contributed by atoms with Gasteiger partial charge in [-0.15, -0.1) is 0 Å². The molecule has 0 bridgehead atoms. The number of hydrogen-bond acceptors (Lipinski definition) is 3. The summed E-state index contributed by atoms with van der Waals surface area (Å²) in [4.78, 5) is 10.3. The molecule has 0 aliphatic heterocycles. The lowest BCUT2D eigenvalue weighted by molar-refractivity contribution is -0.105. The average molecular weight is 220 g/mol. The Morgan fingerprint density at radius 1 is 1.50 bits per heavy atom. The van der Waals surface area contributed by atoms with Gasteiger partial charge in [-0.05, 0) is 18.2 Å². The Balaban J connectivity index is 2.44. The summed E-state index contributed by atoms with van der Waals surface area (Å²) in [6.07, 6.45) is 1.90. The molecule has 16 heavy (non-hydrogen) atoms. The normalized spacial score (nSPS) is 10.1. The van der Waals surface area contributed by atoms with Gasteiger partial charge in [0, 0.05) is 0 Å². The SMILES string of the molecule is Nc1c(NC=O)cnn1-c1cccc(F)c1. The van der Waals surface area contributed by atoms with Gasteiger partial charge in [-0.3, -0.25) is 4.79 Å². The van der Waals surface area contributed by atoms with Crippen LogP contribution in [-0.4, -0.2) is 16.2 Å². The molecule has 6 heteroatoms. The van der Waals surface area contributed by atoms with Crippen LogP contribution in [-0.2, 0) is 4.79 Å². The first kappa shape index (κ1) is 10.2. The van der Waals surface area contributed by atoms with Crippen molar-refractivity contribution >= 4 is 17.9 Å².